The third-order valence-corrected chi connectivity index (χ3v) is 7.44. The minimum Gasteiger partial charge on any atom is -0.341 e. The fourth-order valence-corrected chi connectivity index (χ4v) is 6.25. The molecule has 0 aromatic heterocycles. The third kappa shape index (κ3) is 4.42. The standard InChI is InChI=1S/C21H31N3O4S/c1-4-11-22(12-5-2)20(25)13-23-18-14-29(27,28)15-19(18)24(21(23)26)17-9-7-16(6-3)8-10-17/h7-10,18-19H,4-6,11-15H2,1-3H3. The van der Waals surface area contributed by atoms with E-state index in [4.69, 9.17) is 0 Å². The molecule has 1 aromatic rings. The molecule has 2 aliphatic heterocycles. The molecule has 0 spiro atoms. The first-order chi connectivity index (χ1) is 13.8. The Bertz CT molecular complexity index is 847. The number of amides is 3. The van der Waals surface area contributed by atoms with Crippen LogP contribution in [0, 0.1) is 0 Å². The fourth-order valence-electron chi connectivity index (χ4n) is 4.30. The van der Waals surface area contributed by atoms with Crippen LogP contribution in [-0.4, -0.2) is 73.4 Å². The van der Waals surface area contributed by atoms with Gasteiger partial charge in [0.25, 0.3) is 0 Å². The summed E-state index contributed by atoms with van der Waals surface area (Å²) in [7, 11) is -3.25. The highest BCUT2D eigenvalue weighted by Crippen LogP contribution is 2.35. The lowest BCUT2D eigenvalue weighted by Gasteiger charge is -2.27. The predicted molar refractivity (Wildman–Crippen MR) is 114 cm³/mol. The number of nitrogens with zero attached hydrogens (tertiary/aromatic N) is 3. The molecule has 29 heavy (non-hydrogen) atoms. The van der Waals surface area contributed by atoms with Gasteiger partial charge in [-0.1, -0.05) is 32.9 Å². The Morgan fingerprint density at radius 1 is 1.03 bits per heavy atom. The Balaban J connectivity index is 1.87. The van der Waals surface area contributed by atoms with Crippen molar-refractivity contribution in [2.45, 2.75) is 52.1 Å². The van der Waals surface area contributed by atoms with Gasteiger partial charge in [0.2, 0.25) is 5.91 Å². The fraction of sp³-hybridized carbons (Fsp3) is 0.619. The second kappa shape index (κ2) is 8.73. The van der Waals surface area contributed by atoms with Gasteiger partial charge in [-0.3, -0.25) is 9.69 Å². The SMILES string of the molecule is CCCN(CCC)C(=O)CN1C(=O)N(c2ccc(CC)cc2)C2CS(=O)(=O)CC21. The Kier molecular flexibility index (Phi) is 6.51. The molecule has 1 aromatic carbocycles. The van der Waals surface area contributed by atoms with Gasteiger partial charge in [-0.25, -0.2) is 13.2 Å². The van der Waals surface area contributed by atoms with E-state index in [0.29, 0.717) is 18.8 Å². The first-order valence-electron chi connectivity index (χ1n) is 10.5. The number of urea groups is 1. The van der Waals surface area contributed by atoms with Crippen LogP contribution in [-0.2, 0) is 21.1 Å². The number of benzene rings is 1. The van der Waals surface area contributed by atoms with Crippen molar-refractivity contribution in [3.05, 3.63) is 29.8 Å². The molecular weight excluding hydrogens is 390 g/mol. The van der Waals surface area contributed by atoms with E-state index in [2.05, 4.69) is 6.92 Å². The van der Waals surface area contributed by atoms with Gasteiger partial charge >= 0.3 is 6.03 Å². The van der Waals surface area contributed by atoms with Crippen LogP contribution in [0.1, 0.15) is 39.2 Å². The molecule has 0 N–H and O–H groups in total. The number of aryl methyl sites for hydroxylation is 1. The van der Waals surface area contributed by atoms with Crippen molar-refractivity contribution in [2.24, 2.45) is 0 Å². The van der Waals surface area contributed by atoms with Crippen LogP contribution in [0.2, 0.25) is 0 Å². The maximum Gasteiger partial charge on any atom is 0.325 e. The molecule has 2 aliphatic rings. The van der Waals surface area contributed by atoms with Crippen LogP contribution >= 0.6 is 0 Å². The monoisotopic (exact) mass is 421 g/mol. The summed E-state index contributed by atoms with van der Waals surface area (Å²) in [5.41, 5.74) is 1.84. The molecular formula is C21H31N3O4S. The first kappa shape index (κ1) is 21.6. The van der Waals surface area contributed by atoms with E-state index in [0.717, 1.165) is 24.8 Å². The summed E-state index contributed by atoms with van der Waals surface area (Å²) in [5, 5.41) is 0. The van der Waals surface area contributed by atoms with Gasteiger partial charge in [0.1, 0.15) is 6.54 Å². The zero-order chi connectivity index (χ0) is 21.2. The van der Waals surface area contributed by atoms with Crippen LogP contribution in [0.25, 0.3) is 0 Å². The number of anilines is 1. The molecule has 2 heterocycles. The molecule has 2 fully saturated rings. The van der Waals surface area contributed by atoms with E-state index in [1.807, 2.05) is 38.1 Å². The molecule has 2 unspecified atom stereocenters. The van der Waals surface area contributed by atoms with E-state index in [9.17, 15) is 18.0 Å². The summed E-state index contributed by atoms with van der Waals surface area (Å²) >= 11 is 0. The number of carbonyl (C=O) groups excluding carboxylic acids is 2. The number of hydrogen-bond acceptors (Lipinski definition) is 4. The maximum absolute atomic E-state index is 13.2. The smallest absolute Gasteiger partial charge is 0.325 e. The lowest BCUT2D eigenvalue weighted by Crippen LogP contribution is -2.46. The second-order valence-electron chi connectivity index (χ2n) is 7.89. The zero-order valence-electron chi connectivity index (χ0n) is 17.5. The van der Waals surface area contributed by atoms with Crippen molar-refractivity contribution >= 4 is 27.5 Å². The van der Waals surface area contributed by atoms with Crippen LogP contribution in [0.4, 0.5) is 10.5 Å². The number of hydrogen-bond donors (Lipinski definition) is 0. The van der Waals surface area contributed by atoms with Crippen molar-refractivity contribution < 1.29 is 18.0 Å². The van der Waals surface area contributed by atoms with Gasteiger partial charge in [-0.05, 0) is 37.0 Å². The van der Waals surface area contributed by atoms with E-state index in [1.54, 1.807) is 9.80 Å². The topological polar surface area (TPSA) is 78.0 Å². The van der Waals surface area contributed by atoms with Crippen molar-refractivity contribution in [1.82, 2.24) is 9.80 Å². The summed E-state index contributed by atoms with van der Waals surface area (Å²) in [6, 6.07) is 6.44. The van der Waals surface area contributed by atoms with Crippen molar-refractivity contribution in [2.75, 3.05) is 36.0 Å². The van der Waals surface area contributed by atoms with E-state index >= 15 is 0 Å². The lowest BCUT2D eigenvalue weighted by molar-refractivity contribution is -0.132. The van der Waals surface area contributed by atoms with Crippen LogP contribution in [0.3, 0.4) is 0 Å². The Morgan fingerprint density at radius 3 is 2.17 bits per heavy atom. The maximum atomic E-state index is 13.2. The number of sulfone groups is 1. The van der Waals surface area contributed by atoms with Gasteiger partial charge in [-0.2, -0.15) is 0 Å². The Morgan fingerprint density at radius 2 is 1.62 bits per heavy atom. The van der Waals surface area contributed by atoms with Crippen LogP contribution < -0.4 is 4.90 Å². The van der Waals surface area contributed by atoms with E-state index in [-0.39, 0.29) is 30.0 Å². The molecule has 7 nitrogen and oxygen atoms in total. The average Bonchev–Trinajstić information content (AvgIpc) is 3.12. The van der Waals surface area contributed by atoms with E-state index < -0.39 is 21.9 Å². The first-order valence-corrected chi connectivity index (χ1v) is 12.3. The van der Waals surface area contributed by atoms with Crippen molar-refractivity contribution in [3.8, 4) is 0 Å². The highest BCUT2D eigenvalue weighted by Gasteiger charge is 2.54. The van der Waals surface area contributed by atoms with E-state index in [1.165, 1.54) is 4.90 Å². The summed E-state index contributed by atoms with van der Waals surface area (Å²) in [6.07, 6.45) is 2.58. The molecule has 0 aliphatic carbocycles. The van der Waals surface area contributed by atoms with Gasteiger partial charge in [0.15, 0.2) is 9.84 Å². The van der Waals surface area contributed by atoms with Gasteiger partial charge in [0.05, 0.1) is 23.6 Å². The molecule has 3 rings (SSSR count). The van der Waals surface area contributed by atoms with Crippen LogP contribution in [0.15, 0.2) is 24.3 Å². The zero-order valence-corrected chi connectivity index (χ0v) is 18.3. The molecule has 2 saturated heterocycles. The number of fused-ring (bicyclic) bond motifs is 1. The van der Waals surface area contributed by atoms with Crippen molar-refractivity contribution in [3.63, 3.8) is 0 Å². The molecule has 3 amide bonds. The molecule has 8 heteroatoms. The Labute approximate surface area is 173 Å². The molecule has 160 valence electrons. The van der Waals surface area contributed by atoms with Gasteiger partial charge in [0, 0.05) is 18.8 Å². The minimum atomic E-state index is -3.25. The number of carbonyl (C=O) groups is 2. The highest BCUT2D eigenvalue weighted by molar-refractivity contribution is 7.91. The molecule has 0 bridgehead atoms. The summed E-state index contributed by atoms with van der Waals surface area (Å²) in [4.78, 5) is 30.9. The quantitative estimate of drug-likeness (QED) is 0.604. The third-order valence-electron chi connectivity index (χ3n) is 5.75. The molecule has 2 atom stereocenters. The predicted octanol–water partition coefficient (Wildman–Crippen LogP) is 2.31. The van der Waals surface area contributed by atoms with Gasteiger partial charge < -0.3 is 9.80 Å². The van der Waals surface area contributed by atoms with Gasteiger partial charge in [-0.15, -0.1) is 0 Å². The summed E-state index contributed by atoms with van der Waals surface area (Å²) in [5.74, 6) is -0.257. The average molecular weight is 422 g/mol. The largest absolute Gasteiger partial charge is 0.341 e. The minimum absolute atomic E-state index is 0.0583. The normalized spacial score (nSPS) is 22.8. The van der Waals surface area contributed by atoms with Crippen LogP contribution in [0.5, 0.6) is 0 Å². The second-order valence-corrected chi connectivity index (χ2v) is 10.0. The highest BCUT2D eigenvalue weighted by atomic mass is 32.2. The lowest BCUT2D eigenvalue weighted by atomic mass is 10.1. The summed E-state index contributed by atoms with van der Waals surface area (Å²) < 4.78 is 24.7. The summed E-state index contributed by atoms with van der Waals surface area (Å²) in [6.45, 7) is 7.30. The molecule has 0 saturated carbocycles. The number of rotatable bonds is 8. The Hall–Kier alpha value is -2.09. The molecule has 0 radical (unpaired) electrons. The van der Waals surface area contributed by atoms with Crippen molar-refractivity contribution in [1.29, 1.82) is 0 Å².